The van der Waals surface area contributed by atoms with Gasteiger partial charge in [0, 0.05) is 11.3 Å². The molecular formula is C17H13N3OS2. The van der Waals surface area contributed by atoms with Gasteiger partial charge in [-0.2, -0.15) is 5.26 Å². The predicted molar refractivity (Wildman–Crippen MR) is 96.6 cm³/mol. The van der Waals surface area contributed by atoms with E-state index in [4.69, 9.17) is 5.26 Å². The van der Waals surface area contributed by atoms with Crippen molar-refractivity contribution in [3.8, 4) is 16.6 Å². The number of aromatic nitrogens is 1. The number of rotatable bonds is 5. The number of carbonyl (C=O) groups excluding carboxylic acids is 1. The second-order valence-corrected chi connectivity index (χ2v) is 6.78. The third-order valence-electron chi connectivity index (χ3n) is 3.09. The maximum atomic E-state index is 11.8. The van der Waals surface area contributed by atoms with Crippen molar-refractivity contribution in [2.45, 2.75) is 0 Å². The molecule has 0 radical (unpaired) electrons. The van der Waals surface area contributed by atoms with E-state index in [1.807, 2.05) is 48.5 Å². The van der Waals surface area contributed by atoms with Crippen molar-refractivity contribution in [3.05, 3.63) is 48.5 Å². The van der Waals surface area contributed by atoms with Gasteiger partial charge in [0.25, 0.3) is 0 Å². The highest BCUT2D eigenvalue weighted by molar-refractivity contribution is 8.00. The van der Waals surface area contributed by atoms with E-state index in [0.717, 1.165) is 26.5 Å². The first kappa shape index (κ1) is 15.5. The van der Waals surface area contributed by atoms with Gasteiger partial charge in [-0.3, -0.25) is 4.79 Å². The van der Waals surface area contributed by atoms with Crippen LogP contribution in [0.15, 0.2) is 48.5 Å². The van der Waals surface area contributed by atoms with Crippen LogP contribution in [-0.2, 0) is 4.79 Å². The molecule has 6 heteroatoms. The number of para-hydroxylation sites is 1. The maximum absolute atomic E-state index is 11.8. The molecule has 0 spiro atoms. The summed E-state index contributed by atoms with van der Waals surface area (Å²) in [5.41, 5.74) is 2.70. The van der Waals surface area contributed by atoms with Crippen LogP contribution in [0.4, 0.5) is 5.69 Å². The van der Waals surface area contributed by atoms with E-state index in [1.165, 1.54) is 11.8 Å². The summed E-state index contributed by atoms with van der Waals surface area (Å²) in [6.07, 6.45) is 0. The van der Waals surface area contributed by atoms with Crippen LogP contribution in [0.3, 0.4) is 0 Å². The molecule has 1 heterocycles. The van der Waals surface area contributed by atoms with Gasteiger partial charge >= 0.3 is 0 Å². The van der Waals surface area contributed by atoms with E-state index in [9.17, 15) is 4.79 Å². The highest BCUT2D eigenvalue weighted by Crippen LogP contribution is 2.31. The second-order valence-electron chi connectivity index (χ2n) is 4.77. The van der Waals surface area contributed by atoms with Crippen molar-refractivity contribution in [1.29, 1.82) is 5.26 Å². The maximum Gasteiger partial charge on any atom is 0.234 e. The first-order valence-electron chi connectivity index (χ1n) is 6.97. The molecule has 0 unspecified atom stereocenters. The number of hydrogen-bond donors (Lipinski definition) is 1. The van der Waals surface area contributed by atoms with Crippen LogP contribution in [0.1, 0.15) is 0 Å². The highest BCUT2D eigenvalue weighted by atomic mass is 32.2. The number of nitrogens with zero attached hydrogens (tertiary/aromatic N) is 2. The standard InChI is InChI=1S/C17H13N3OS2/c18-8-9-22-11-16(21)19-13-5-3-4-12(10-13)17-20-14-6-1-2-7-15(14)23-17/h1-7,10H,9,11H2,(H,19,21). The average molecular weight is 339 g/mol. The van der Waals surface area contributed by atoms with Crippen LogP contribution in [0, 0.1) is 11.3 Å². The Morgan fingerprint density at radius 3 is 2.96 bits per heavy atom. The fraction of sp³-hybridized carbons (Fsp3) is 0.118. The van der Waals surface area contributed by atoms with E-state index in [0.29, 0.717) is 5.75 Å². The number of anilines is 1. The average Bonchev–Trinajstić information content (AvgIpc) is 2.99. The molecule has 0 bridgehead atoms. The van der Waals surface area contributed by atoms with Crippen molar-refractivity contribution in [1.82, 2.24) is 4.98 Å². The number of thioether (sulfide) groups is 1. The largest absolute Gasteiger partial charge is 0.325 e. The summed E-state index contributed by atoms with van der Waals surface area (Å²) in [4.78, 5) is 16.5. The Morgan fingerprint density at radius 1 is 1.26 bits per heavy atom. The van der Waals surface area contributed by atoms with Crippen LogP contribution in [0.5, 0.6) is 0 Å². The van der Waals surface area contributed by atoms with Gasteiger partial charge in [-0.05, 0) is 24.3 Å². The van der Waals surface area contributed by atoms with Crippen molar-refractivity contribution in [2.24, 2.45) is 0 Å². The van der Waals surface area contributed by atoms with Gasteiger partial charge in [0.1, 0.15) is 5.01 Å². The Labute approximate surface area is 142 Å². The molecule has 1 aromatic heterocycles. The number of nitriles is 1. The summed E-state index contributed by atoms with van der Waals surface area (Å²) in [6.45, 7) is 0. The third kappa shape index (κ3) is 3.89. The van der Waals surface area contributed by atoms with Gasteiger partial charge in [0.05, 0.1) is 27.8 Å². The Hall–Kier alpha value is -2.36. The molecule has 0 saturated carbocycles. The van der Waals surface area contributed by atoms with E-state index in [2.05, 4.69) is 16.4 Å². The summed E-state index contributed by atoms with van der Waals surface area (Å²) in [7, 11) is 0. The summed E-state index contributed by atoms with van der Waals surface area (Å²) in [5.74, 6) is 0.490. The molecule has 0 aliphatic heterocycles. The number of benzene rings is 2. The highest BCUT2D eigenvalue weighted by Gasteiger charge is 2.08. The molecule has 0 atom stereocenters. The number of carbonyl (C=O) groups is 1. The van der Waals surface area contributed by atoms with Gasteiger partial charge in [-0.15, -0.1) is 23.1 Å². The molecule has 0 saturated heterocycles. The third-order valence-corrected chi connectivity index (χ3v) is 4.97. The molecule has 23 heavy (non-hydrogen) atoms. The number of nitrogens with one attached hydrogen (secondary N) is 1. The van der Waals surface area contributed by atoms with Crippen LogP contribution in [0.25, 0.3) is 20.8 Å². The zero-order valence-corrected chi connectivity index (χ0v) is 13.8. The molecule has 0 fully saturated rings. The summed E-state index contributed by atoms with van der Waals surface area (Å²) >= 11 is 2.93. The molecule has 114 valence electrons. The minimum atomic E-state index is -0.105. The molecule has 0 aliphatic carbocycles. The number of fused-ring (bicyclic) bond motifs is 1. The first-order valence-corrected chi connectivity index (χ1v) is 8.94. The lowest BCUT2D eigenvalue weighted by atomic mass is 10.2. The summed E-state index contributed by atoms with van der Waals surface area (Å²) in [6, 6.07) is 17.7. The lowest BCUT2D eigenvalue weighted by Crippen LogP contribution is -2.14. The molecule has 1 amide bonds. The minimum absolute atomic E-state index is 0.105. The number of amides is 1. The van der Waals surface area contributed by atoms with Crippen LogP contribution >= 0.6 is 23.1 Å². The van der Waals surface area contributed by atoms with Gasteiger partial charge < -0.3 is 5.32 Å². The smallest absolute Gasteiger partial charge is 0.234 e. The fourth-order valence-corrected chi connectivity index (χ4v) is 3.53. The topological polar surface area (TPSA) is 65.8 Å². The quantitative estimate of drug-likeness (QED) is 0.709. The van der Waals surface area contributed by atoms with Gasteiger partial charge in [0.2, 0.25) is 5.91 Å². The van der Waals surface area contributed by atoms with E-state index >= 15 is 0 Å². The van der Waals surface area contributed by atoms with Crippen molar-refractivity contribution >= 4 is 44.9 Å². The zero-order valence-electron chi connectivity index (χ0n) is 12.2. The van der Waals surface area contributed by atoms with E-state index < -0.39 is 0 Å². The van der Waals surface area contributed by atoms with E-state index in [1.54, 1.807) is 11.3 Å². The van der Waals surface area contributed by atoms with Gasteiger partial charge in [-0.1, -0.05) is 24.3 Å². The zero-order chi connectivity index (χ0) is 16.1. The minimum Gasteiger partial charge on any atom is -0.325 e. The molecule has 0 aliphatic rings. The Kier molecular flexibility index (Phi) is 4.91. The Morgan fingerprint density at radius 2 is 2.13 bits per heavy atom. The summed E-state index contributed by atoms with van der Waals surface area (Å²) in [5, 5.41) is 12.3. The normalized spacial score (nSPS) is 10.4. The number of thiazole rings is 1. The predicted octanol–water partition coefficient (Wildman–Crippen LogP) is 4.16. The van der Waals surface area contributed by atoms with Crippen molar-refractivity contribution in [2.75, 3.05) is 16.8 Å². The number of hydrogen-bond acceptors (Lipinski definition) is 5. The Bertz CT molecular complexity index is 850. The summed E-state index contributed by atoms with van der Waals surface area (Å²) < 4.78 is 1.14. The fourth-order valence-electron chi connectivity index (χ4n) is 2.11. The molecule has 2 aromatic carbocycles. The second kappa shape index (κ2) is 7.27. The van der Waals surface area contributed by atoms with Crippen molar-refractivity contribution < 1.29 is 4.79 Å². The lowest BCUT2D eigenvalue weighted by molar-refractivity contribution is -0.113. The van der Waals surface area contributed by atoms with Crippen LogP contribution in [-0.4, -0.2) is 22.4 Å². The molecule has 3 rings (SSSR count). The Balaban J connectivity index is 1.77. The van der Waals surface area contributed by atoms with Gasteiger partial charge in [-0.25, -0.2) is 4.98 Å². The first-order chi connectivity index (χ1) is 11.3. The molecule has 1 N–H and O–H groups in total. The van der Waals surface area contributed by atoms with Crippen LogP contribution < -0.4 is 5.32 Å². The lowest BCUT2D eigenvalue weighted by Gasteiger charge is -2.05. The SMILES string of the molecule is N#CCSCC(=O)Nc1cccc(-c2nc3ccccc3s2)c1. The molecular weight excluding hydrogens is 326 g/mol. The van der Waals surface area contributed by atoms with E-state index in [-0.39, 0.29) is 11.7 Å². The molecule has 3 aromatic rings. The molecule has 4 nitrogen and oxygen atoms in total. The van der Waals surface area contributed by atoms with Gasteiger partial charge in [0.15, 0.2) is 0 Å². The van der Waals surface area contributed by atoms with Crippen molar-refractivity contribution in [3.63, 3.8) is 0 Å². The van der Waals surface area contributed by atoms with Crippen LogP contribution in [0.2, 0.25) is 0 Å². The monoisotopic (exact) mass is 339 g/mol.